The van der Waals surface area contributed by atoms with Crippen molar-refractivity contribution in [1.29, 1.82) is 0 Å². The number of hydrogen-bond acceptors (Lipinski definition) is 4. The second-order valence-electron chi connectivity index (χ2n) is 4.72. The Balaban J connectivity index is 1.90. The molecule has 0 unspecified atom stereocenters. The van der Waals surface area contributed by atoms with E-state index >= 15 is 0 Å². The molecule has 0 atom stereocenters. The number of benzene rings is 1. The summed E-state index contributed by atoms with van der Waals surface area (Å²) in [5, 5.41) is 4.05. The first-order valence-corrected chi connectivity index (χ1v) is 6.48. The highest BCUT2D eigenvalue weighted by Gasteiger charge is 2.12. The van der Waals surface area contributed by atoms with E-state index in [1.54, 1.807) is 47.1 Å². The molecule has 0 bridgehead atoms. The van der Waals surface area contributed by atoms with Crippen LogP contribution in [0.4, 0.5) is 0 Å². The Morgan fingerprint density at radius 3 is 2.86 bits per heavy atom. The van der Waals surface area contributed by atoms with E-state index in [-0.39, 0.29) is 12.5 Å². The summed E-state index contributed by atoms with van der Waals surface area (Å²) in [6, 6.07) is 6.81. The molecule has 2 aromatic rings. The molecule has 0 spiro atoms. The Bertz CT molecular complexity index is 637. The maximum atomic E-state index is 12.0. The molecule has 0 radical (unpaired) electrons. The van der Waals surface area contributed by atoms with Gasteiger partial charge in [-0.1, -0.05) is 12.1 Å². The summed E-state index contributed by atoms with van der Waals surface area (Å²) >= 11 is 0. The molecule has 21 heavy (non-hydrogen) atoms. The number of hydrogen-bond donors (Lipinski definition) is 0. The van der Waals surface area contributed by atoms with Gasteiger partial charge in [0.25, 0.3) is 5.91 Å². The number of aromatic nitrogens is 2. The smallest absolute Gasteiger partial charge is 0.260 e. The summed E-state index contributed by atoms with van der Waals surface area (Å²) in [4.78, 5) is 24.4. The van der Waals surface area contributed by atoms with E-state index in [4.69, 9.17) is 4.74 Å². The Labute approximate surface area is 122 Å². The van der Waals surface area contributed by atoms with Crippen molar-refractivity contribution in [3.8, 4) is 5.75 Å². The molecule has 0 fully saturated rings. The normalized spacial score (nSPS) is 10.2. The van der Waals surface area contributed by atoms with Gasteiger partial charge in [-0.3, -0.25) is 14.3 Å². The van der Waals surface area contributed by atoms with Gasteiger partial charge in [0, 0.05) is 32.4 Å². The Morgan fingerprint density at radius 2 is 2.19 bits per heavy atom. The molecular formula is C15H17N3O3. The van der Waals surface area contributed by atoms with Gasteiger partial charge in [0.05, 0.1) is 11.8 Å². The van der Waals surface area contributed by atoms with Crippen LogP contribution < -0.4 is 4.74 Å². The number of carbonyl (C=O) groups excluding carboxylic acids is 2. The highest BCUT2D eigenvalue weighted by Crippen LogP contribution is 2.15. The summed E-state index contributed by atoms with van der Waals surface area (Å²) in [6.45, 7) is 0.354. The van der Waals surface area contributed by atoms with Gasteiger partial charge in [0.1, 0.15) is 5.75 Å². The average molecular weight is 287 g/mol. The number of amides is 1. The minimum absolute atomic E-state index is 0.110. The lowest BCUT2D eigenvalue weighted by Gasteiger charge is -2.17. The van der Waals surface area contributed by atoms with Crippen molar-refractivity contribution in [2.75, 3.05) is 13.7 Å². The summed E-state index contributed by atoms with van der Waals surface area (Å²) in [5.74, 6) is 0.246. The number of likely N-dealkylation sites (N-methyl/N-ethyl adjacent to an activating group) is 1. The van der Waals surface area contributed by atoms with Crippen molar-refractivity contribution >= 4 is 12.2 Å². The van der Waals surface area contributed by atoms with Crippen molar-refractivity contribution in [3.05, 3.63) is 47.8 Å². The van der Waals surface area contributed by atoms with Crippen LogP contribution in [0.5, 0.6) is 5.75 Å². The quantitative estimate of drug-likeness (QED) is 0.751. The number of para-hydroxylation sites is 1. The van der Waals surface area contributed by atoms with Crippen LogP contribution in [0.1, 0.15) is 15.9 Å². The van der Waals surface area contributed by atoms with E-state index in [0.717, 1.165) is 5.56 Å². The summed E-state index contributed by atoms with van der Waals surface area (Å²) in [7, 11) is 3.52. The zero-order valence-electron chi connectivity index (χ0n) is 12.0. The number of ether oxygens (including phenoxy) is 1. The number of nitrogens with zero attached hydrogens (tertiary/aromatic N) is 3. The predicted octanol–water partition coefficient (Wildman–Crippen LogP) is 1.27. The molecule has 0 N–H and O–H groups in total. The van der Waals surface area contributed by atoms with Gasteiger partial charge in [0.15, 0.2) is 12.9 Å². The van der Waals surface area contributed by atoms with Crippen molar-refractivity contribution in [2.45, 2.75) is 6.54 Å². The van der Waals surface area contributed by atoms with Gasteiger partial charge in [-0.15, -0.1) is 0 Å². The second-order valence-corrected chi connectivity index (χ2v) is 4.72. The van der Waals surface area contributed by atoms with Crippen molar-refractivity contribution in [3.63, 3.8) is 0 Å². The number of carbonyl (C=O) groups is 2. The van der Waals surface area contributed by atoms with Gasteiger partial charge in [0.2, 0.25) is 0 Å². The van der Waals surface area contributed by atoms with E-state index in [1.807, 2.05) is 13.2 Å². The lowest BCUT2D eigenvalue weighted by Crippen LogP contribution is -2.31. The molecule has 1 amide bonds. The topological polar surface area (TPSA) is 64.4 Å². The maximum absolute atomic E-state index is 12.0. The van der Waals surface area contributed by atoms with Gasteiger partial charge >= 0.3 is 0 Å². The standard InChI is InChI=1S/C15H17N3O3/c1-17(8-12-7-16-18(2)9-12)15(20)11-21-14-6-4-3-5-13(14)10-19/h3-7,9-10H,8,11H2,1-2H3. The Morgan fingerprint density at radius 1 is 1.43 bits per heavy atom. The van der Waals surface area contributed by atoms with Crippen LogP contribution in [-0.2, 0) is 18.4 Å². The Hall–Kier alpha value is -2.63. The highest BCUT2D eigenvalue weighted by atomic mass is 16.5. The van der Waals surface area contributed by atoms with E-state index in [2.05, 4.69) is 5.10 Å². The maximum Gasteiger partial charge on any atom is 0.260 e. The largest absolute Gasteiger partial charge is 0.483 e. The third-order valence-electron chi connectivity index (χ3n) is 3.00. The monoisotopic (exact) mass is 287 g/mol. The molecule has 0 aliphatic rings. The molecule has 1 aromatic heterocycles. The number of aldehydes is 1. The molecule has 1 aromatic carbocycles. The lowest BCUT2D eigenvalue weighted by molar-refractivity contribution is -0.132. The van der Waals surface area contributed by atoms with Crippen molar-refractivity contribution in [2.24, 2.45) is 7.05 Å². The zero-order chi connectivity index (χ0) is 15.2. The van der Waals surface area contributed by atoms with Crippen LogP contribution in [0.15, 0.2) is 36.7 Å². The molecule has 1 heterocycles. The van der Waals surface area contributed by atoms with Crippen LogP contribution in [0.25, 0.3) is 0 Å². The number of aryl methyl sites for hydroxylation is 1. The summed E-state index contributed by atoms with van der Waals surface area (Å²) in [5.41, 5.74) is 1.38. The van der Waals surface area contributed by atoms with Crippen LogP contribution in [0, 0.1) is 0 Å². The predicted molar refractivity (Wildman–Crippen MR) is 77.0 cm³/mol. The fraction of sp³-hybridized carbons (Fsp3) is 0.267. The van der Waals surface area contributed by atoms with Gasteiger partial charge < -0.3 is 9.64 Å². The molecular weight excluding hydrogens is 270 g/mol. The van der Waals surface area contributed by atoms with Gasteiger partial charge in [-0.2, -0.15) is 5.10 Å². The molecule has 6 nitrogen and oxygen atoms in total. The van der Waals surface area contributed by atoms with Crippen LogP contribution in [0.3, 0.4) is 0 Å². The molecule has 0 saturated heterocycles. The fourth-order valence-electron chi connectivity index (χ4n) is 1.87. The second kappa shape index (κ2) is 6.69. The molecule has 2 rings (SSSR count). The van der Waals surface area contributed by atoms with Crippen LogP contribution in [0.2, 0.25) is 0 Å². The molecule has 6 heteroatoms. The lowest BCUT2D eigenvalue weighted by atomic mass is 10.2. The van der Waals surface area contributed by atoms with Crippen LogP contribution >= 0.6 is 0 Å². The third kappa shape index (κ3) is 3.92. The molecule has 0 saturated carbocycles. The van der Waals surface area contributed by atoms with Crippen LogP contribution in [-0.4, -0.2) is 40.5 Å². The fourth-order valence-corrected chi connectivity index (χ4v) is 1.87. The zero-order valence-corrected chi connectivity index (χ0v) is 12.0. The van der Waals surface area contributed by atoms with E-state index in [0.29, 0.717) is 24.1 Å². The average Bonchev–Trinajstić information content (AvgIpc) is 2.90. The first-order valence-electron chi connectivity index (χ1n) is 6.48. The highest BCUT2D eigenvalue weighted by molar-refractivity contribution is 5.80. The van der Waals surface area contributed by atoms with E-state index in [9.17, 15) is 9.59 Å². The van der Waals surface area contributed by atoms with Gasteiger partial charge in [-0.25, -0.2) is 0 Å². The van der Waals surface area contributed by atoms with E-state index < -0.39 is 0 Å². The first-order chi connectivity index (χ1) is 10.1. The summed E-state index contributed by atoms with van der Waals surface area (Å²) in [6.07, 6.45) is 4.28. The minimum Gasteiger partial charge on any atom is -0.483 e. The molecule has 0 aliphatic carbocycles. The first kappa shape index (κ1) is 14.8. The molecule has 0 aliphatic heterocycles. The van der Waals surface area contributed by atoms with Crippen molar-refractivity contribution in [1.82, 2.24) is 14.7 Å². The number of rotatable bonds is 6. The third-order valence-corrected chi connectivity index (χ3v) is 3.00. The van der Waals surface area contributed by atoms with Gasteiger partial charge in [-0.05, 0) is 12.1 Å². The molecule has 110 valence electrons. The van der Waals surface area contributed by atoms with Crippen molar-refractivity contribution < 1.29 is 14.3 Å². The van der Waals surface area contributed by atoms with E-state index in [1.165, 1.54) is 0 Å². The Kier molecular flexibility index (Phi) is 4.71. The summed E-state index contributed by atoms with van der Waals surface area (Å²) < 4.78 is 7.10. The minimum atomic E-state index is -0.167. The SMILES string of the molecule is CN(Cc1cnn(C)c1)C(=O)COc1ccccc1C=O.